The van der Waals surface area contributed by atoms with E-state index >= 15 is 0 Å². The minimum Gasteiger partial charge on any atom is -0.463 e. The molecule has 26 heavy (non-hydrogen) atoms. The van der Waals surface area contributed by atoms with Crippen LogP contribution < -0.4 is 5.32 Å². The SMILES string of the molecule is Cc1ccc(-c2nc(CC(=O)Nc3nc(-c4ccco4)cs3)cs2)cc1. The summed E-state index contributed by atoms with van der Waals surface area (Å²) >= 11 is 2.91. The highest BCUT2D eigenvalue weighted by Gasteiger charge is 2.12. The van der Waals surface area contributed by atoms with Crippen LogP contribution in [0.3, 0.4) is 0 Å². The maximum absolute atomic E-state index is 12.3. The van der Waals surface area contributed by atoms with Gasteiger partial charge in [0.25, 0.3) is 0 Å². The molecule has 0 aliphatic carbocycles. The predicted molar refractivity (Wildman–Crippen MR) is 104 cm³/mol. The molecule has 0 aliphatic rings. The van der Waals surface area contributed by atoms with Crippen molar-refractivity contribution in [3.63, 3.8) is 0 Å². The molecule has 0 aliphatic heterocycles. The first-order valence-electron chi connectivity index (χ1n) is 7.98. The first kappa shape index (κ1) is 16.7. The second-order valence-electron chi connectivity index (χ2n) is 5.75. The maximum Gasteiger partial charge on any atom is 0.232 e. The molecule has 130 valence electrons. The zero-order valence-corrected chi connectivity index (χ0v) is 15.6. The second-order valence-corrected chi connectivity index (χ2v) is 7.47. The zero-order chi connectivity index (χ0) is 17.9. The summed E-state index contributed by atoms with van der Waals surface area (Å²) in [6, 6.07) is 11.8. The van der Waals surface area contributed by atoms with Crippen molar-refractivity contribution in [1.29, 1.82) is 0 Å². The van der Waals surface area contributed by atoms with Gasteiger partial charge < -0.3 is 9.73 Å². The average molecular weight is 381 g/mol. The molecule has 0 unspecified atom stereocenters. The van der Waals surface area contributed by atoms with E-state index < -0.39 is 0 Å². The molecule has 0 atom stereocenters. The lowest BCUT2D eigenvalue weighted by Gasteiger charge is -1.99. The van der Waals surface area contributed by atoms with Crippen molar-refractivity contribution in [3.8, 4) is 22.0 Å². The largest absolute Gasteiger partial charge is 0.463 e. The Morgan fingerprint density at radius 1 is 1.12 bits per heavy atom. The number of benzene rings is 1. The van der Waals surface area contributed by atoms with E-state index in [2.05, 4.69) is 34.3 Å². The van der Waals surface area contributed by atoms with Crippen molar-refractivity contribution in [2.75, 3.05) is 5.32 Å². The van der Waals surface area contributed by atoms with Crippen LogP contribution in [-0.2, 0) is 11.2 Å². The van der Waals surface area contributed by atoms with Gasteiger partial charge in [0.05, 0.1) is 18.4 Å². The van der Waals surface area contributed by atoms with E-state index in [1.165, 1.54) is 16.9 Å². The third kappa shape index (κ3) is 3.74. The fourth-order valence-corrected chi connectivity index (χ4v) is 3.96. The highest BCUT2D eigenvalue weighted by Crippen LogP contribution is 2.26. The highest BCUT2D eigenvalue weighted by atomic mass is 32.1. The minimum atomic E-state index is -0.133. The van der Waals surface area contributed by atoms with E-state index in [-0.39, 0.29) is 12.3 Å². The Bertz CT molecular complexity index is 1020. The molecule has 1 N–H and O–H groups in total. The van der Waals surface area contributed by atoms with Crippen LogP contribution in [0, 0.1) is 6.92 Å². The molecule has 3 aromatic heterocycles. The van der Waals surface area contributed by atoms with Gasteiger partial charge in [0.2, 0.25) is 5.91 Å². The summed E-state index contributed by atoms with van der Waals surface area (Å²) < 4.78 is 5.31. The smallest absolute Gasteiger partial charge is 0.232 e. The Labute approximate surface area is 158 Å². The number of carbonyl (C=O) groups excluding carboxylic acids is 1. The number of furan rings is 1. The molecule has 5 nitrogen and oxygen atoms in total. The Kier molecular flexibility index (Phi) is 4.64. The summed E-state index contributed by atoms with van der Waals surface area (Å²) in [5.41, 5.74) is 3.74. The summed E-state index contributed by atoms with van der Waals surface area (Å²) in [5, 5.41) is 8.07. The van der Waals surface area contributed by atoms with E-state index in [1.807, 2.05) is 29.0 Å². The van der Waals surface area contributed by atoms with Gasteiger partial charge in [-0.1, -0.05) is 29.8 Å². The summed E-state index contributed by atoms with van der Waals surface area (Å²) in [4.78, 5) is 21.2. The lowest BCUT2D eigenvalue weighted by molar-refractivity contribution is -0.115. The van der Waals surface area contributed by atoms with Crippen LogP contribution in [0.15, 0.2) is 57.8 Å². The number of nitrogens with zero attached hydrogens (tertiary/aromatic N) is 2. The number of anilines is 1. The number of amides is 1. The summed E-state index contributed by atoms with van der Waals surface area (Å²) in [7, 11) is 0. The van der Waals surface area contributed by atoms with Crippen LogP contribution in [0.25, 0.3) is 22.0 Å². The molecule has 4 rings (SSSR count). The fraction of sp³-hybridized carbons (Fsp3) is 0.105. The Balaban J connectivity index is 1.40. The van der Waals surface area contributed by atoms with Gasteiger partial charge in [-0.3, -0.25) is 4.79 Å². The molecule has 0 bridgehead atoms. The van der Waals surface area contributed by atoms with Gasteiger partial charge >= 0.3 is 0 Å². The van der Waals surface area contributed by atoms with Crippen LogP contribution in [0.4, 0.5) is 5.13 Å². The Morgan fingerprint density at radius 2 is 1.96 bits per heavy atom. The number of thiazole rings is 2. The predicted octanol–water partition coefficient (Wildman–Crippen LogP) is 5.02. The molecule has 1 amide bonds. The van der Waals surface area contributed by atoms with Crippen molar-refractivity contribution < 1.29 is 9.21 Å². The van der Waals surface area contributed by atoms with Gasteiger partial charge in [0, 0.05) is 16.3 Å². The summed E-state index contributed by atoms with van der Waals surface area (Å²) in [6.45, 7) is 2.05. The molecular formula is C19H15N3O2S2. The summed E-state index contributed by atoms with van der Waals surface area (Å²) in [5.74, 6) is 0.551. The molecular weight excluding hydrogens is 366 g/mol. The molecule has 3 heterocycles. The van der Waals surface area contributed by atoms with Gasteiger partial charge in [-0.05, 0) is 19.1 Å². The lowest BCUT2D eigenvalue weighted by atomic mass is 10.2. The van der Waals surface area contributed by atoms with Crippen molar-refractivity contribution in [1.82, 2.24) is 9.97 Å². The monoisotopic (exact) mass is 381 g/mol. The third-order valence-electron chi connectivity index (χ3n) is 3.72. The molecule has 0 fully saturated rings. The van der Waals surface area contributed by atoms with E-state index in [1.54, 1.807) is 23.7 Å². The number of rotatable bonds is 5. The number of aryl methyl sites for hydroxylation is 1. The second kappa shape index (κ2) is 7.23. The van der Waals surface area contributed by atoms with Crippen LogP contribution in [-0.4, -0.2) is 15.9 Å². The van der Waals surface area contributed by atoms with E-state index in [4.69, 9.17) is 4.42 Å². The van der Waals surface area contributed by atoms with E-state index in [9.17, 15) is 4.79 Å². The van der Waals surface area contributed by atoms with Gasteiger partial charge in [-0.2, -0.15) is 0 Å². The quantitative estimate of drug-likeness (QED) is 0.527. The summed E-state index contributed by atoms with van der Waals surface area (Å²) in [6.07, 6.45) is 1.82. The van der Waals surface area contributed by atoms with Crippen LogP contribution in [0.1, 0.15) is 11.3 Å². The average Bonchev–Trinajstić information content (AvgIpc) is 3.36. The maximum atomic E-state index is 12.3. The number of aromatic nitrogens is 2. The van der Waals surface area contributed by atoms with Crippen LogP contribution in [0.2, 0.25) is 0 Å². The standard InChI is InChI=1S/C19H15N3O2S2/c1-12-4-6-13(7-5-12)18-20-14(10-25-18)9-17(23)22-19-21-15(11-26-19)16-3-2-8-24-16/h2-8,10-11H,9H2,1H3,(H,21,22,23). The normalized spacial score (nSPS) is 10.8. The molecule has 0 saturated carbocycles. The third-order valence-corrected chi connectivity index (χ3v) is 5.41. The fourth-order valence-electron chi connectivity index (χ4n) is 2.41. The number of carbonyl (C=O) groups is 1. The lowest BCUT2D eigenvalue weighted by Crippen LogP contribution is -2.14. The molecule has 0 spiro atoms. The zero-order valence-electron chi connectivity index (χ0n) is 13.9. The van der Waals surface area contributed by atoms with Crippen molar-refractivity contribution in [3.05, 3.63) is 64.7 Å². The topological polar surface area (TPSA) is 68.0 Å². The van der Waals surface area contributed by atoms with E-state index in [0.717, 1.165) is 16.3 Å². The Hall–Kier alpha value is -2.77. The van der Waals surface area contributed by atoms with Crippen LogP contribution in [0.5, 0.6) is 0 Å². The van der Waals surface area contributed by atoms with Gasteiger partial charge in [-0.15, -0.1) is 22.7 Å². The number of hydrogen-bond acceptors (Lipinski definition) is 6. The van der Waals surface area contributed by atoms with Crippen LogP contribution >= 0.6 is 22.7 Å². The van der Waals surface area contributed by atoms with Gasteiger partial charge in [0.1, 0.15) is 10.7 Å². The van der Waals surface area contributed by atoms with E-state index in [0.29, 0.717) is 16.6 Å². The number of nitrogens with one attached hydrogen (secondary N) is 1. The van der Waals surface area contributed by atoms with Crippen molar-refractivity contribution in [2.24, 2.45) is 0 Å². The van der Waals surface area contributed by atoms with Crippen molar-refractivity contribution in [2.45, 2.75) is 13.3 Å². The minimum absolute atomic E-state index is 0.133. The van der Waals surface area contributed by atoms with Crippen molar-refractivity contribution >= 4 is 33.7 Å². The first-order chi connectivity index (χ1) is 12.7. The Morgan fingerprint density at radius 3 is 2.73 bits per heavy atom. The molecule has 7 heteroatoms. The molecule has 1 aromatic carbocycles. The highest BCUT2D eigenvalue weighted by molar-refractivity contribution is 7.14. The molecule has 4 aromatic rings. The number of hydrogen-bond donors (Lipinski definition) is 1. The van der Waals surface area contributed by atoms with Gasteiger partial charge in [-0.25, -0.2) is 9.97 Å². The van der Waals surface area contributed by atoms with Gasteiger partial charge in [0.15, 0.2) is 10.9 Å². The molecule has 0 radical (unpaired) electrons. The molecule has 0 saturated heterocycles. The first-order valence-corrected chi connectivity index (χ1v) is 9.74.